The summed E-state index contributed by atoms with van der Waals surface area (Å²) in [7, 11) is 0. The number of aromatic nitrogens is 1. The number of pyridine rings is 1. The van der Waals surface area contributed by atoms with Crippen LogP contribution in [0.5, 0.6) is 0 Å². The van der Waals surface area contributed by atoms with Crippen LogP contribution in [-0.4, -0.2) is 17.3 Å². The van der Waals surface area contributed by atoms with Gasteiger partial charge in [-0.3, -0.25) is 4.79 Å². The number of anilines is 1. The van der Waals surface area contributed by atoms with Crippen molar-refractivity contribution in [2.24, 2.45) is 0 Å². The highest BCUT2D eigenvalue weighted by Gasteiger charge is 2.16. The number of rotatable bonds is 3. The summed E-state index contributed by atoms with van der Waals surface area (Å²) in [5, 5.41) is 3.69. The molecule has 0 radical (unpaired) electrons. The summed E-state index contributed by atoms with van der Waals surface area (Å²) in [4.78, 5) is 14.9. The standard InChI is InChI=1S/C11H13ClN2O/c12-10-6-5-8(7-15)11(14-10)13-9-3-1-2-4-9/h5-7,9H,1-4H2,(H,13,14). The van der Waals surface area contributed by atoms with E-state index in [1.165, 1.54) is 12.8 Å². The van der Waals surface area contributed by atoms with Crippen LogP contribution in [0.2, 0.25) is 5.15 Å². The minimum atomic E-state index is 0.418. The molecule has 80 valence electrons. The Bertz CT molecular complexity index is 362. The average Bonchev–Trinajstić information content (AvgIpc) is 2.71. The van der Waals surface area contributed by atoms with Crippen LogP contribution in [0.25, 0.3) is 0 Å². The zero-order chi connectivity index (χ0) is 10.7. The Hall–Kier alpha value is -1.09. The van der Waals surface area contributed by atoms with Crippen LogP contribution in [0.3, 0.4) is 0 Å². The predicted octanol–water partition coefficient (Wildman–Crippen LogP) is 2.90. The normalized spacial score (nSPS) is 16.6. The molecule has 0 aromatic carbocycles. The molecule has 0 bridgehead atoms. The molecule has 1 aromatic heterocycles. The molecule has 0 amide bonds. The molecule has 0 saturated heterocycles. The van der Waals surface area contributed by atoms with Gasteiger partial charge in [0.1, 0.15) is 11.0 Å². The molecular formula is C11H13ClN2O. The number of nitrogens with one attached hydrogen (secondary N) is 1. The maximum absolute atomic E-state index is 10.8. The third-order valence-electron chi connectivity index (χ3n) is 2.72. The molecule has 1 fully saturated rings. The Morgan fingerprint density at radius 2 is 2.13 bits per heavy atom. The Labute approximate surface area is 93.8 Å². The minimum Gasteiger partial charge on any atom is -0.367 e. The number of aldehydes is 1. The lowest BCUT2D eigenvalue weighted by Gasteiger charge is -2.13. The van der Waals surface area contributed by atoms with Gasteiger partial charge in [0.15, 0.2) is 6.29 Å². The highest BCUT2D eigenvalue weighted by atomic mass is 35.5. The van der Waals surface area contributed by atoms with Crippen molar-refractivity contribution < 1.29 is 4.79 Å². The first-order valence-electron chi connectivity index (χ1n) is 5.18. The topological polar surface area (TPSA) is 42.0 Å². The van der Waals surface area contributed by atoms with Crippen LogP contribution in [0.4, 0.5) is 5.82 Å². The van der Waals surface area contributed by atoms with Gasteiger partial charge in [-0.05, 0) is 25.0 Å². The molecule has 1 saturated carbocycles. The molecule has 0 aliphatic heterocycles. The molecule has 0 unspecified atom stereocenters. The largest absolute Gasteiger partial charge is 0.367 e. The van der Waals surface area contributed by atoms with E-state index in [-0.39, 0.29) is 0 Å². The average molecular weight is 225 g/mol. The Kier molecular flexibility index (Phi) is 3.21. The van der Waals surface area contributed by atoms with Gasteiger partial charge in [-0.1, -0.05) is 24.4 Å². The van der Waals surface area contributed by atoms with Gasteiger partial charge < -0.3 is 5.32 Å². The lowest BCUT2D eigenvalue weighted by atomic mass is 10.2. The van der Waals surface area contributed by atoms with Crippen LogP contribution in [-0.2, 0) is 0 Å². The number of hydrogen-bond donors (Lipinski definition) is 1. The second-order valence-corrected chi connectivity index (χ2v) is 4.20. The van der Waals surface area contributed by atoms with Crippen molar-refractivity contribution >= 4 is 23.7 Å². The number of carbonyl (C=O) groups excluding carboxylic acids is 1. The zero-order valence-corrected chi connectivity index (χ0v) is 9.13. The molecule has 15 heavy (non-hydrogen) atoms. The Morgan fingerprint density at radius 1 is 1.40 bits per heavy atom. The molecule has 3 nitrogen and oxygen atoms in total. The van der Waals surface area contributed by atoms with Crippen LogP contribution in [0.15, 0.2) is 12.1 Å². The molecule has 1 aliphatic rings. The zero-order valence-electron chi connectivity index (χ0n) is 8.37. The monoisotopic (exact) mass is 224 g/mol. The third-order valence-corrected chi connectivity index (χ3v) is 2.93. The van der Waals surface area contributed by atoms with Gasteiger partial charge in [-0.25, -0.2) is 4.98 Å². The highest BCUT2D eigenvalue weighted by molar-refractivity contribution is 6.29. The first-order chi connectivity index (χ1) is 7.29. The molecule has 4 heteroatoms. The van der Waals surface area contributed by atoms with Gasteiger partial charge in [-0.15, -0.1) is 0 Å². The molecular weight excluding hydrogens is 212 g/mol. The number of carbonyl (C=O) groups is 1. The van der Waals surface area contributed by atoms with E-state index >= 15 is 0 Å². The van der Waals surface area contributed by atoms with Crippen molar-refractivity contribution in [2.75, 3.05) is 5.32 Å². The van der Waals surface area contributed by atoms with E-state index in [2.05, 4.69) is 10.3 Å². The van der Waals surface area contributed by atoms with Gasteiger partial charge in [0.25, 0.3) is 0 Å². The molecule has 0 spiro atoms. The summed E-state index contributed by atoms with van der Waals surface area (Å²) in [6.45, 7) is 0. The van der Waals surface area contributed by atoms with E-state index in [9.17, 15) is 4.79 Å². The summed E-state index contributed by atoms with van der Waals surface area (Å²) in [6.07, 6.45) is 5.59. The first kappa shape index (κ1) is 10.4. The number of nitrogens with zero attached hydrogens (tertiary/aromatic N) is 1. The van der Waals surface area contributed by atoms with Gasteiger partial charge in [0.2, 0.25) is 0 Å². The van der Waals surface area contributed by atoms with E-state index in [1.807, 2.05) is 0 Å². The fourth-order valence-corrected chi connectivity index (χ4v) is 2.07. The van der Waals surface area contributed by atoms with Gasteiger partial charge in [0, 0.05) is 6.04 Å². The van der Waals surface area contributed by atoms with Gasteiger partial charge >= 0.3 is 0 Å². The van der Waals surface area contributed by atoms with Crippen molar-refractivity contribution in [1.82, 2.24) is 4.98 Å². The van der Waals surface area contributed by atoms with Crippen molar-refractivity contribution in [1.29, 1.82) is 0 Å². The van der Waals surface area contributed by atoms with Gasteiger partial charge in [-0.2, -0.15) is 0 Å². The van der Waals surface area contributed by atoms with Crippen LogP contribution in [0, 0.1) is 0 Å². The summed E-state index contributed by atoms with van der Waals surface area (Å²) < 4.78 is 0. The summed E-state index contributed by atoms with van der Waals surface area (Å²) in [5.74, 6) is 0.615. The lowest BCUT2D eigenvalue weighted by molar-refractivity contribution is 0.112. The molecule has 1 N–H and O–H groups in total. The van der Waals surface area contributed by atoms with E-state index in [0.717, 1.165) is 19.1 Å². The summed E-state index contributed by atoms with van der Waals surface area (Å²) in [6, 6.07) is 3.76. The Morgan fingerprint density at radius 3 is 2.80 bits per heavy atom. The van der Waals surface area contributed by atoms with Crippen molar-refractivity contribution in [3.05, 3.63) is 22.8 Å². The maximum atomic E-state index is 10.8. The fourth-order valence-electron chi connectivity index (χ4n) is 1.92. The SMILES string of the molecule is O=Cc1ccc(Cl)nc1NC1CCCC1. The van der Waals surface area contributed by atoms with E-state index < -0.39 is 0 Å². The fraction of sp³-hybridized carbons (Fsp3) is 0.455. The smallest absolute Gasteiger partial charge is 0.153 e. The number of hydrogen-bond acceptors (Lipinski definition) is 3. The highest BCUT2D eigenvalue weighted by Crippen LogP contribution is 2.23. The van der Waals surface area contributed by atoms with Crippen molar-refractivity contribution in [3.8, 4) is 0 Å². The molecule has 1 heterocycles. The van der Waals surface area contributed by atoms with E-state index in [0.29, 0.717) is 22.6 Å². The maximum Gasteiger partial charge on any atom is 0.153 e. The van der Waals surface area contributed by atoms with E-state index in [4.69, 9.17) is 11.6 Å². The second-order valence-electron chi connectivity index (χ2n) is 3.82. The quantitative estimate of drug-likeness (QED) is 0.634. The summed E-state index contributed by atoms with van der Waals surface area (Å²) in [5.41, 5.74) is 0.575. The molecule has 1 aromatic rings. The van der Waals surface area contributed by atoms with Crippen LogP contribution < -0.4 is 5.32 Å². The van der Waals surface area contributed by atoms with Crippen LogP contribution in [0.1, 0.15) is 36.0 Å². The minimum absolute atomic E-state index is 0.418. The van der Waals surface area contributed by atoms with E-state index in [1.54, 1.807) is 12.1 Å². The molecule has 2 rings (SSSR count). The second kappa shape index (κ2) is 4.62. The first-order valence-corrected chi connectivity index (χ1v) is 5.55. The molecule has 1 aliphatic carbocycles. The van der Waals surface area contributed by atoms with Crippen molar-refractivity contribution in [3.63, 3.8) is 0 Å². The van der Waals surface area contributed by atoms with Crippen molar-refractivity contribution in [2.45, 2.75) is 31.7 Å². The van der Waals surface area contributed by atoms with Gasteiger partial charge in [0.05, 0.1) is 5.56 Å². The predicted molar refractivity (Wildman–Crippen MR) is 60.5 cm³/mol. The summed E-state index contributed by atoms with van der Waals surface area (Å²) >= 11 is 5.79. The molecule has 0 atom stereocenters. The van der Waals surface area contributed by atoms with Crippen LogP contribution >= 0.6 is 11.6 Å². The third kappa shape index (κ3) is 2.48. The lowest BCUT2D eigenvalue weighted by Crippen LogP contribution is -2.16. The number of halogens is 1. The Balaban J connectivity index is 2.17.